The summed E-state index contributed by atoms with van der Waals surface area (Å²) in [5.41, 5.74) is 2.66. The minimum absolute atomic E-state index is 0.0747. The Kier molecular flexibility index (Phi) is 4.52. The van der Waals surface area contributed by atoms with Gasteiger partial charge in [0.1, 0.15) is 0 Å². The molecule has 0 N–H and O–H groups in total. The lowest BCUT2D eigenvalue weighted by Crippen LogP contribution is -2.08. The molecule has 0 aliphatic carbocycles. The average molecular weight is 321 g/mol. The summed E-state index contributed by atoms with van der Waals surface area (Å²) in [6, 6.07) is 25.6. The van der Waals surface area contributed by atoms with Gasteiger partial charge in [-0.2, -0.15) is 0 Å². The van der Waals surface area contributed by atoms with Gasteiger partial charge in [0.25, 0.3) is 5.92 Å². The Bertz CT molecular complexity index is 793. The molecule has 1 nitrogen and oxygen atoms in total. The summed E-state index contributed by atoms with van der Waals surface area (Å²) in [5.74, 6) is -2.95. The Morgan fingerprint density at radius 2 is 1.17 bits per heavy atom. The molecule has 0 aliphatic rings. The lowest BCUT2D eigenvalue weighted by atomic mass is 10.0. The number of alkyl halides is 2. The molecular formula is C21H17F2N. The monoisotopic (exact) mass is 321 g/mol. The van der Waals surface area contributed by atoms with Crippen molar-refractivity contribution in [3.05, 3.63) is 102 Å². The third-order valence-electron chi connectivity index (χ3n) is 3.70. The van der Waals surface area contributed by atoms with E-state index in [4.69, 9.17) is 0 Å². The summed E-state index contributed by atoms with van der Waals surface area (Å²) < 4.78 is 27.8. The van der Waals surface area contributed by atoms with Gasteiger partial charge in [-0.3, -0.25) is 0 Å². The fourth-order valence-electron chi connectivity index (χ4n) is 2.55. The molecule has 0 aromatic heterocycles. The summed E-state index contributed by atoms with van der Waals surface area (Å²) in [4.78, 5) is 4.60. The first-order valence-electron chi connectivity index (χ1n) is 7.72. The zero-order valence-electron chi connectivity index (χ0n) is 13.3. The molecule has 0 heterocycles. The molecule has 0 bridgehead atoms. The van der Waals surface area contributed by atoms with Crippen LogP contribution in [0.4, 0.5) is 14.5 Å². The SMILES string of the molecule is CC(F)(F)c1ccccc1N=C(c1ccccc1)c1ccccc1. The van der Waals surface area contributed by atoms with Crippen LogP contribution in [0, 0.1) is 0 Å². The molecular weight excluding hydrogens is 304 g/mol. The lowest BCUT2D eigenvalue weighted by molar-refractivity contribution is 0.0181. The lowest BCUT2D eigenvalue weighted by Gasteiger charge is -2.14. The summed E-state index contributed by atoms with van der Waals surface area (Å²) in [6.07, 6.45) is 0. The van der Waals surface area contributed by atoms with E-state index in [1.54, 1.807) is 18.2 Å². The van der Waals surface area contributed by atoms with E-state index in [9.17, 15) is 8.78 Å². The topological polar surface area (TPSA) is 12.4 Å². The zero-order chi connectivity index (χ0) is 17.0. The van der Waals surface area contributed by atoms with Crippen LogP contribution in [0.2, 0.25) is 0 Å². The fraction of sp³-hybridized carbons (Fsp3) is 0.0952. The van der Waals surface area contributed by atoms with Gasteiger partial charge in [0.15, 0.2) is 0 Å². The first-order valence-corrected chi connectivity index (χ1v) is 7.72. The Balaban J connectivity index is 2.19. The number of rotatable bonds is 4. The first-order chi connectivity index (χ1) is 11.6. The Hall–Kier alpha value is -2.81. The predicted octanol–water partition coefficient (Wildman–Crippen LogP) is 5.97. The van der Waals surface area contributed by atoms with Crippen LogP contribution in [0.5, 0.6) is 0 Å². The van der Waals surface area contributed by atoms with E-state index in [2.05, 4.69) is 4.99 Å². The van der Waals surface area contributed by atoms with Crippen molar-refractivity contribution in [2.24, 2.45) is 4.99 Å². The number of para-hydroxylation sites is 1. The zero-order valence-corrected chi connectivity index (χ0v) is 13.3. The number of hydrogen-bond acceptors (Lipinski definition) is 1. The van der Waals surface area contributed by atoms with E-state index in [0.717, 1.165) is 18.1 Å². The Morgan fingerprint density at radius 3 is 1.67 bits per heavy atom. The maximum Gasteiger partial charge on any atom is 0.272 e. The normalized spacial score (nSPS) is 11.1. The number of nitrogens with zero attached hydrogens (tertiary/aromatic N) is 1. The third kappa shape index (κ3) is 3.57. The van der Waals surface area contributed by atoms with Gasteiger partial charge in [-0.05, 0) is 6.07 Å². The van der Waals surface area contributed by atoms with E-state index in [1.807, 2.05) is 60.7 Å². The second kappa shape index (κ2) is 6.75. The summed E-state index contributed by atoms with van der Waals surface area (Å²) >= 11 is 0. The largest absolute Gasteiger partial charge is 0.272 e. The number of aliphatic imine (C=N–C) groups is 1. The molecule has 0 fully saturated rings. The third-order valence-corrected chi connectivity index (χ3v) is 3.70. The van der Waals surface area contributed by atoms with Crippen molar-refractivity contribution in [1.82, 2.24) is 0 Å². The van der Waals surface area contributed by atoms with E-state index in [1.165, 1.54) is 6.07 Å². The summed E-state index contributed by atoms with van der Waals surface area (Å²) in [5, 5.41) is 0. The molecule has 3 aromatic carbocycles. The maximum absolute atomic E-state index is 13.9. The van der Waals surface area contributed by atoms with E-state index in [0.29, 0.717) is 5.71 Å². The Labute approximate surface area is 140 Å². The van der Waals surface area contributed by atoms with E-state index >= 15 is 0 Å². The highest BCUT2D eigenvalue weighted by atomic mass is 19.3. The molecule has 3 heteroatoms. The summed E-state index contributed by atoms with van der Waals surface area (Å²) in [6.45, 7) is 0.895. The minimum atomic E-state index is -2.95. The van der Waals surface area contributed by atoms with Crippen LogP contribution in [-0.4, -0.2) is 5.71 Å². The predicted molar refractivity (Wildman–Crippen MR) is 94.2 cm³/mol. The van der Waals surface area contributed by atoms with Crippen molar-refractivity contribution in [2.75, 3.05) is 0 Å². The smallest absolute Gasteiger partial charge is 0.247 e. The quantitative estimate of drug-likeness (QED) is 0.525. The van der Waals surface area contributed by atoms with Crippen LogP contribution in [0.1, 0.15) is 23.6 Å². The molecule has 0 radical (unpaired) electrons. The number of hydrogen-bond donors (Lipinski definition) is 0. The van der Waals surface area contributed by atoms with Crippen molar-refractivity contribution < 1.29 is 8.78 Å². The van der Waals surface area contributed by atoms with E-state index in [-0.39, 0.29) is 11.3 Å². The second-order valence-electron chi connectivity index (χ2n) is 5.60. The standard InChI is InChI=1S/C21H17F2N/c1-21(22,23)18-14-8-9-15-19(18)24-20(16-10-4-2-5-11-16)17-12-6-3-7-13-17/h2-15H,1H3. The molecule has 120 valence electrons. The molecule has 24 heavy (non-hydrogen) atoms. The fourth-order valence-corrected chi connectivity index (χ4v) is 2.55. The molecule has 3 rings (SSSR count). The molecule has 0 spiro atoms. The highest BCUT2D eigenvalue weighted by Gasteiger charge is 2.27. The molecule has 0 aliphatic heterocycles. The minimum Gasteiger partial charge on any atom is -0.247 e. The van der Waals surface area contributed by atoms with Gasteiger partial charge >= 0.3 is 0 Å². The molecule has 3 aromatic rings. The van der Waals surface area contributed by atoms with Crippen LogP contribution in [0.3, 0.4) is 0 Å². The van der Waals surface area contributed by atoms with Crippen molar-refractivity contribution >= 4 is 11.4 Å². The van der Waals surface area contributed by atoms with Crippen LogP contribution < -0.4 is 0 Å². The highest BCUT2D eigenvalue weighted by Crippen LogP contribution is 2.35. The van der Waals surface area contributed by atoms with Crippen molar-refractivity contribution in [2.45, 2.75) is 12.8 Å². The van der Waals surface area contributed by atoms with Gasteiger partial charge in [0, 0.05) is 23.6 Å². The molecule has 0 saturated heterocycles. The van der Waals surface area contributed by atoms with Gasteiger partial charge < -0.3 is 0 Å². The van der Waals surface area contributed by atoms with Crippen LogP contribution in [0.15, 0.2) is 89.9 Å². The summed E-state index contributed by atoms with van der Waals surface area (Å²) in [7, 11) is 0. The van der Waals surface area contributed by atoms with Gasteiger partial charge in [-0.25, -0.2) is 13.8 Å². The van der Waals surface area contributed by atoms with Gasteiger partial charge in [0.05, 0.1) is 11.4 Å². The van der Waals surface area contributed by atoms with Gasteiger partial charge in [-0.1, -0.05) is 78.9 Å². The molecule has 0 atom stereocenters. The van der Waals surface area contributed by atoms with Crippen LogP contribution in [-0.2, 0) is 5.92 Å². The van der Waals surface area contributed by atoms with Crippen LogP contribution >= 0.6 is 0 Å². The van der Waals surface area contributed by atoms with Crippen molar-refractivity contribution in [3.63, 3.8) is 0 Å². The first kappa shape index (κ1) is 16.1. The molecule has 0 unspecified atom stereocenters. The number of benzene rings is 3. The van der Waals surface area contributed by atoms with Gasteiger partial charge in [-0.15, -0.1) is 0 Å². The second-order valence-corrected chi connectivity index (χ2v) is 5.60. The highest BCUT2D eigenvalue weighted by molar-refractivity contribution is 6.14. The number of halogens is 2. The Morgan fingerprint density at radius 1 is 0.708 bits per heavy atom. The molecule has 0 saturated carbocycles. The maximum atomic E-state index is 13.9. The van der Waals surface area contributed by atoms with Crippen molar-refractivity contribution in [1.29, 1.82) is 0 Å². The average Bonchev–Trinajstić information content (AvgIpc) is 2.61. The van der Waals surface area contributed by atoms with Crippen LogP contribution in [0.25, 0.3) is 0 Å². The van der Waals surface area contributed by atoms with Gasteiger partial charge in [0.2, 0.25) is 0 Å². The van der Waals surface area contributed by atoms with Crippen molar-refractivity contribution in [3.8, 4) is 0 Å². The van der Waals surface area contributed by atoms with E-state index < -0.39 is 5.92 Å². The molecule has 0 amide bonds.